The quantitative estimate of drug-likeness (QED) is 0.894. The van der Waals surface area contributed by atoms with E-state index in [1.165, 1.54) is 0 Å². The number of halogens is 1. The van der Waals surface area contributed by atoms with E-state index < -0.39 is 0 Å². The van der Waals surface area contributed by atoms with E-state index in [0.717, 1.165) is 42.9 Å². The lowest BCUT2D eigenvalue weighted by Crippen LogP contribution is -2.39. The summed E-state index contributed by atoms with van der Waals surface area (Å²) >= 11 is 3.41. The average Bonchev–Trinajstić information content (AvgIpc) is 2.47. The molecular weight excluding hydrogens is 320 g/mol. The van der Waals surface area contributed by atoms with Crippen molar-refractivity contribution >= 4 is 21.8 Å². The molecule has 0 aliphatic carbocycles. The summed E-state index contributed by atoms with van der Waals surface area (Å²) < 4.78 is 6.34. The molecule has 1 aromatic carbocycles. The van der Waals surface area contributed by atoms with Gasteiger partial charge in [-0.15, -0.1) is 0 Å². The number of carbonyl (C=O) groups is 1. The minimum absolute atomic E-state index is 0.0419. The lowest BCUT2D eigenvalue weighted by Gasteiger charge is -2.26. The van der Waals surface area contributed by atoms with Crippen LogP contribution in [0.15, 0.2) is 28.7 Å². The number of hydrogen-bond donors (Lipinski definition) is 1. The molecule has 0 radical (unpaired) electrons. The van der Waals surface area contributed by atoms with Gasteiger partial charge in [-0.25, -0.2) is 0 Å². The number of carbonyl (C=O) groups excluding carboxylic acids is 1. The Morgan fingerprint density at radius 1 is 1.35 bits per heavy atom. The molecule has 1 aromatic rings. The van der Waals surface area contributed by atoms with Crippen LogP contribution >= 0.6 is 15.9 Å². The van der Waals surface area contributed by atoms with E-state index >= 15 is 0 Å². The largest absolute Gasteiger partial charge is 0.379 e. The van der Waals surface area contributed by atoms with Gasteiger partial charge in [-0.05, 0) is 24.6 Å². The standard InChI is InChI=1S/C15H21BrN2O2/c1-12(13-2-4-14(16)5-3-13)17-15(19)6-7-18-8-10-20-11-9-18/h2-5,12H,6-11H2,1H3,(H,17,19)/t12-/m0/s1. The van der Waals surface area contributed by atoms with Gasteiger partial charge in [0, 0.05) is 30.5 Å². The van der Waals surface area contributed by atoms with Crippen LogP contribution in [0.25, 0.3) is 0 Å². The van der Waals surface area contributed by atoms with Gasteiger partial charge in [0.15, 0.2) is 0 Å². The van der Waals surface area contributed by atoms with Crippen molar-refractivity contribution in [2.24, 2.45) is 0 Å². The molecule has 0 bridgehead atoms. The Morgan fingerprint density at radius 2 is 2.00 bits per heavy atom. The monoisotopic (exact) mass is 340 g/mol. The molecular formula is C15H21BrN2O2. The van der Waals surface area contributed by atoms with Gasteiger partial charge in [0.05, 0.1) is 19.3 Å². The van der Waals surface area contributed by atoms with Crippen molar-refractivity contribution in [3.05, 3.63) is 34.3 Å². The van der Waals surface area contributed by atoms with E-state index in [1.807, 2.05) is 31.2 Å². The molecule has 1 fully saturated rings. The second kappa shape index (κ2) is 7.76. The molecule has 0 aromatic heterocycles. The molecule has 1 atom stereocenters. The summed E-state index contributed by atoms with van der Waals surface area (Å²) in [6, 6.07) is 8.08. The van der Waals surface area contributed by atoms with Gasteiger partial charge in [-0.3, -0.25) is 9.69 Å². The second-order valence-corrected chi connectivity index (χ2v) is 5.96. The molecule has 5 heteroatoms. The maximum absolute atomic E-state index is 12.0. The van der Waals surface area contributed by atoms with Gasteiger partial charge in [0.2, 0.25) is 5.91 Å². The molecule has 4 nitrogen and oxygen atoms in total. The number of hydrogen-bond acceptors (Lipinski definition) is 3. The predicted molar refractivity (Wildman–Crippen MR) is 82.6 cm³/mol. The molecule has 1 heterocycles. The van der Waals surface area contributed by atoms with Gasteiger partial charge >= 0.3 is 0 Å². The SMILES string of the molecule is C[C@H](NC(=O)CCN1CCOCC1)c1ccc(Br)cc1. The van der Waals surface area contributed by atoms with Crippen molar-refractivity contribution in [2.75, 3.05) is 32.8 Å². The summed E-state index contributed by atoms with van der Waals surface area (Å²) in [4.78, 5) is 14.2. The van der Waals surface area contributed by atoms with Crippen molar-refractivity contribution in [3.63, 3.8) is 0 Å². The minimum Gasteiger partial charge on any atom is -0.379 e. The maximum atomic E-state index is 12.0. The third-order valence-corrected chi connectivity index (χ3v) is 4.03. The Bertz CT molecular complexity index is 430. The summed E-state index contributed by atoms with van der Waals surface area (Å²) in [6.45, 7) is 6.22. The van der Waals surface area contributed by atoms with Gasteiger partial charge in [0.1, 0.15) is 0 Å². The van der Waals surface area contributed by atoms with Gasteiger partial charge in [-0.1, -0.05) is 28.1 Å². The Hall–Kier alpha value is -0.910. The van der Waals surface area contributed by atoms with Crippen LogP contribution in [-0.4, -0.2) is 43.7 Å². The lowest BCUT2D eigenvalue weighted by atomic mass is 10.1. The smallest absolute Gasteiger partial charge is 0.221 e. The van der Waals surface area contributed by atoms with E-state index in [4.69, 9.17) is 4.74 Å². The Labute approximate surface area is 128 Å². The van der Waals surface area contributed by atoms with Crippen LogP contribution in [0.1, 0.15) is 24.9 Å². The highest BCUT2D eigenvalue weighted by molar-refractivity contribution is 9.10. The molecule has 1 aliphatic rings. The Kier molecular flexibility index (Phi) is 6.01. The Morgan fingerprint density at radius 3 is 2.65 bits per heavy atom. The van der Waals surface area contributed by atoms with E-state index in [1.54, 1.807) is 0 Å². The fourth-order valence-corrected chi connectivity index (χ4v) is 2.50. The molecule has 110 valence electrons. The summed E-state index contributed by atoms with van der Waals surface area (Å²) in [6.07, 6.45) is 0.543. The second-order valence-electron chi connectivity index (χ2n) is 5.04. The van der Waals surface area contributed by atoms with Crippen LogP contribution in [0.2, 0.25) is 0 Å². The van der Waals surface area contributed by atoms with Crippen molar-refractivity contribution < 1.29 is 9.53 Å². The third-order valence-electron chi connectivity index (χ3n) is 3.51. The third kappa shape index (κ3) is 4.89. The summed E-state index contributed by atoms with van der Waals surface area (Å²) in [5.74, 6) is 0.104. The fraction of sp³-hybridized carbons (Fsp3) is 0.533. The first kappa shape index (κ1) is 15.5. The molecule has 0 saturated carbocycles. The number of morpholine rings is 1. The highest BCUT2D eigenvalue weighted by Crippen LogP contribution is 2.16. The first-order valence-corrected chi connectivity index (χ1v) is 7.79. The molecule has 20 heavy (non-hydrogen) atoms. The molecule has 0 spiro atoms. The van der Waals surface area contributed by atoms with Gasteiger partial charge in [-0.2, -0.15) is 0 Å². The molecule has 1 saturated heterocycles. The van der Waals surface area contributed by atoms with Gasteiger partial charge in [0.25, 0.3) is 0 Å². The zero-order chi connectivity index (χ0) is 14.4. The summed E-state index contributed by atoms with van der Waals surface area (Å²) in [5, 5.41) is 3.04. The highest BCUT2D eigenvalue weighted by atomic mass is 79.9. The van der Waals surface area contributed by atoms with E-state index in [2.05, 4.69) is 26.1 Å². The predicted octanol–water partition coefficient (Wildman–Crippen LogP) is 2.35. The van der Waals surface area contributed by atoms with Crippen LogP contribution < -0.4 is 5.32 Å². The fourth-order valence-electron chi connectivity index (χ4n) is 2.23. The zero-order valence-corrected chi connectivity index (χ0v) is 13.4. The molecule has 2 rings (SSSR count). The van der Waals surface area contributed by atoms with Gasteiger partial charge < -0.3 is 10.1 Å². The van der Waals surface area contributed by atoms with Crippen molar-refractivity contribution in [1.82, 2.24) is 10.2 Å². The van der Waals surface area contributed by atoms with Crippen LogP contribution in [0, 0.1) is 0 Å². The molecule has 1 aliphatic heterocycles. The van der Waals surface area contributed by atoms with E-state index in [-0.39, 0.29) is 11.9 Å². The number of amides is 1. The first-order chi connectivity index (χ1) is 9.65. The minimum atomic E-state index is 0.0419. The van der Waals surface area contributed by atoms with E-state index in [0.29, 0.717) is 6.42 Å². The van der Waals surface area contributed by atoms with E-state index in [9.17, 15) is 4.79 Å². The van der Waals surface area contributed by atoms with Crippen LogP contribution in [0.4, 0.5) is 0 Å². The number of benzene rings is 1. The number of nitrogens with zero attached hydrogens (tertiary/aromatic N) is 1. The van der Waals surface area contributed by atoms with Crippen LogP contribution in [-0.2, 0) is 9.53 Å². The van der Waals surface area contributed by atoms with Crippen LogP contribution in [0.5, 0.6) is 0 Å². The first-order valence-electron chi connectivity index (χ1n) is 7.00. The lowest BCUT2D eigenvalue weighted by molar-refractivity contribution is -0.122. The Balaban J connectivity index is 1.74. The molecule has 1 N–H and O–H groups in total. The highest BCUT2D eigenvalue weighted by Gasteiger charge is 2.13. The molecule has 1 amide bonds. The topological polar surface area (TPSA) is 41.6 Å². The number of ether oxygens (including phenoxy) is 1. The molecule has 0 unspecified atom stereocenters. The number of nitrogens with one attached hydrogen (secondary N) is 1. The summed E-state index contributed by atoms with van der Waals surface area (Å²) in [7, 11) is 0. The van der Waals surface area contributed by atoms with Crippen molar-refractivity contribution in [3.8, 4) is 0 Å². The average molecular weight is 341 g/mol. The number of rotatable bonds is 5. The zero-order valence-electron chi connectivity index (χ0n) is 11.8. The van der Waals surface area contributed by atoms with Crippen molar-refractivity contribution in [2.45, 2.75) is 19.4 Å². The normalized spacial score (nSPS) is 17.7. The maximum Gasteiger partial charge on any atom is 0.221 e. The van der Waals surface area contributed by atoms with Crippen molar-refractivity contribution in [1.29, 1.82) is 0 Å². The van der Waals surface area contributed by atoms with Crippen LogP contribution in [0.3, 0.4) is 0 Å². The summed E-state index contributed by atoms with van der Waals surface area (Å²) in [5.41, 5.74) is 1.12.